The van der Waals surface area contributed by atoms with Crippen LogP contribution in [0.1, 0.15) is 19.8 Å². The summed E-state index contributed by atoms with van der Waals surface area (Å²) >= 11 is 0. The molecule has 74 valence electrons. The van der Waals surface area contributed by atoms with Gasteiger partial charge in [-0.3, -0.25) is 4.79 Å². The molecule has 1 atom stereocenters. The van der Waals surface area contributed by atoms with Crippen molar-refractivity contribution in [1.82, 2.24) is 4.90 Å². The van der Waals surface area contributed by atoms with Crippen molar-refractivity contribution in [3.63, 3.8) is 0 Å². The first-order valence-electron chi connectivity index (χ1n) is 4.01. The number of carboxylic acids is 1. The van der Waals surface area contributed by atoms with Gasteiger partial charge < -0.3 is 10.0 Å². The Kier molecular flexibility index (Phi) is 4.17. The minimum Gasteiger partial charge on any atom is -0.480 e. The Morgan fingerprint density at radius 3 is 2.54 bits per heavy atom. The van der Waals surface area contributed by atoms with E-state index >= 15 is 0 Å². The normalized spacial score (nSPS) is 14.3. The Hall–Kier alpha value is -1.32. The first-order chi connectivity index (χ1) is 5.99. The maximum absolute atomic E-state index is 10.9. The number of aliphatic carboxylic acids is 1. The summed E-state index contributed by atoms with van der Waals surface area (Å²) in [5, 5.41) is 8.93. The predicted octanol–water partition coefficient (Wildman–Crippen LogP) is 0.884. The molecule has 0 aliphatic heterocycles. The van der Waals surface area contributed by atoms with Crippen molar-refractivity contribution in [1.29, 1.82) is 0 Å². The summed E-state index contributed by atoms with van der Waals surface area (Å²) in [6, 6.07) is 0. The lowest BCUT2D eigenvalue weighted by atomic mass is 9.94. The van der Waals surface area contributed by atoms with Crippen LogP contribution < -0.4 is 0 Å². The number of hydrogen-bond acceptors (Lipinski definition) is 2. The summed E-state index contributed by atoms with van der Waals surface area (Å²) in [5.41, 5.74) is -1.13. The van der Waals surface area contributed by atoms with Crippen LogP contribution in [0.15, 0.2) is 12.7 Å². The highest BCUT2D eigenvalue weighted by atomic mass is 16.4. The second-order valence-corrected chi connectivity index (χ2v) is 3.12. The van der Waals surface area contributed by atoms with Gasteiger partial charge in [-0.15, -0.1) is 6.58 Å². The number of carbonyl (C=O) groups is 2. The Morgan fingerprint density at radius 1 is 1.69 bits per heavy atom. The van der Waals surface area contributed by atoms with Crippen LogP contribution in [0.4, 0.5) is 0 Å². The van der Waals surface area contributed by atoms with Gasteiger partial charge in [-0.05, 0) is 19.8 Å². The quantitative estimate of drug-likeness (QED) is 0.493. The molecule has 0 aromatic heterocycles. The van der Waals surface area contributed by atoms with Crippen LogP contribution in [0.5, 0.6) is 0 Å². The number of likely N-dealkylation sites (N-methyl/N-ethyl adjacent to an activating group) is 1. The lowest BCUT2D eigenvalue weighted by molar-refractivity contribution is -0.153. The SMILES string of the molecule is C=CCCC(C)(C(=O)O)N(C)C=O. The van der Waals surface area contributed by atoms with Gasteiger partial charge in [0.1, 0.15) is 5.54 Å². The van der Waals surface area contributed by atoms with Gasteiger partial charge in [0.15, 0.2) is 0 Å². The van der Waals surface area contributed by atoms with Crippen LogP contribution in [0, 0.1) is 0 Å². The van der Waals surface area contributed by atoms with E-state index in [1.54, 1.807) is 6.08 Å². The van der Waals surface area contributed by atoms with Gasteiger partial charge in [-0.25, -0.2) is 4.79 Å². The molecule has 0 bridgehead atoms. The molecule has 0 fully saturated rings. The standard InChI is InChI=1S/C9H15NO3/c1-4-5-6-9(2,8(12)13)10(3)7-11/h4,7H,1,5-6H2,2-3H3,(H,12,13). The molecule has 0 radical (unpaired) electrons. The Morgan fingerprint density at radius 2 is 2.23 bits per heavy atom. The van der Waals surface area contributed by atoms with Gasteiger partial charge >= 0.3 is 5.97 Å². The number of carboxylic acid groups (broad SMARTS) is 1. The van der Waals surface area contributed by atoms with Gasteiger partial charge in [0, 0.05) is 7.05 Å². The van der Waals surface area contributed by atoms with Crippen LogP contribution in [-0.4, -0.2) is 35.0 Å². The highest BCUT2D eigenvalue weighted by Crippen LogP contribution is 2.19. The molecular formula is C9H15NO3. The molecule has 4 heteroatoms. The number of allylic oxidation sites excluding steroid dienone is 1. The minimum absolute atomic E-state index is 0.376. The average molecular weight is 185 g/mol. The van der Waals surface area contributed by atoms with Crippen molar-refractivity contribution in [3.05, 3.63) is 12.7 Å². The molecule has 0 aliphatic rings. The average Bonchev–Trinajstić information content (AvgIpc) is 2.12. The van der Waals surface area contributed by atoms with Crippen molar-refractivity contribution >= 4 is 12.4 Å². The molecule has 0 spiro atoms. The minimum atomic E-state index is -1.13. The van der Waals surface area contributed by atoms with E-state index in [4.69, 9.17) is 5.11 Å². The maximum atomic E-state index is 10.9. The van der Waals surface area contributed by atoms with Gasteiger partial charge in [0.05, 0.1) is 0 Å². The Balaban J connectivity index is 4.60. The molecule has 1 unspecified atom stereocenters. The van der Waals surface area contributed by atoms with E-state index in [-0.39, 0.29) is 0 Å². The molecule has 0 aromatic rings. The fraction of sp³-hybridized carbons (Fsp3) is 0.556. The fourth-order valence-electron chi connectivity index (χ4n) is 0.934. The lowest BCUT2D eigenvalue weighted by Crippen LogP contribution is -2.49. The van der Waals surface area contributed by atoms with E-state index in [2.05, 4.69) is 6.58 Å². The molecule has 1 N–H and O–H groups in total. The molecule has 13 heavy (non-hydrogen) atoms. The number of hydrogen-bond donors (Lipinski definition) is 1. The van der Waals surface area contributed by atoms with Gasteiger partial charge in [0.25, 0.3) is 0 Å². The summed E-state index contributed by atoms with van der Waals surface area (Å²) in [6.45, 7) is 5.03. The molecular weight excluding hydrogens is 170 g/mol. The summed E-state index contributed by atoms with van der Waals surface area (Å²) in [5.74, 6) is -0.996. The summed E-state index contributed by atoms with van der Waals surface area (Å²) in [4.78, 5) is 22.5. The molecule has 0 saturated carbocycles. The van der Waals surface area contributed by atoms with Crippen molar-refractivity contribution in [2.24, 2.45) is 0 Å². The molecule has 0 aliphatic carbocycles. The van der Waals surface area contributed by atoms with Crippen molar-refractivity contribution in [3.8, 4) is 0 Å². The zero-order valence-corrected chi connectivity index (χ0v) is 7.99. The third-order valence-electron chi connectivity index (χ3n) is 2.23. The van der Waals surface area contributed by atoms with E-state index in [0.29, 0.717) is 19.3 Å². The molecule has 0 aromatic carbocycles. The first kappa shape index (κ1) is 11.7. The van der Waals surface area contributed by atoms with Crippen LogP contribution in [-0.2, 0) is 9.59 Å². The topological polar surface area (TPSA) is 57.6 Å². The van der Waals surface area contributed by atoms with Gasteiger partial charge in [-0.2, -0.15) is 0 Å². The summed E-state index contributed by atoms with van der Waals surface area (Å²) in [7, 11) is 1.46. The smallest absolute Gasteiger partial charge is 0.329 e. The van der Waals surface area contributed by atoms with Crippen LogP contribution in [0.25, 0.3) is 0 Å². The van der Waals surface area contributed by atoms with Gasteiger partial charge in [-0.1, -0.05) is 6.08 Å². The number of nitrogens with zero attached hydrogens (tertiary/aromatic N) is 1. The fourth-order valence-corrected chi connectivity index (χ4v) is 0.934. The molecule has 0 heterocycles. The van der Waals surface area contributed by atoms with Gasteiger partial charge in [0.2, 0.25) is 6.41 Å². The molecule has 0 rings (SSSR count). The molecule has 4 nitrogen and oxygen atoms in total. The maximum Gasteiger partial charge on any atom is 0.329 e. The Bertz CT molecular complexity index is 215. The highest BCUT2D eigenvalue weighted by molar-refractivity contribution is 5.80. The highest BCUT2D eigenvalue weighted by Gasteiger charge is 2.36. The van der Waals surface area contributed by atoms with Crippen LogP contribution in [0.2, 0.25) is 0 Å². The van der Waals surface area contributed by atoms with E-state index < -0.39 is 11.5 Å². The monoisotopic (exact) mass is 185 g/mol. The van der Waals surface area contributed by atoms with E-state index in [1.165, 1.54) is 18.9 Å². The van der Waals surface area contributed by atoms with E-state index in [0.717, 1.165) is 0 Å². The zero-order valence-electron chi connectivity index (χ0n) is 7.99. The predicted molar refractivity (Wildman–Crippen MR) is 49.3 cm³/mol. The Labute approximate surface area is 77.8 Å². The third-order valence-corrected chi connectivity index (χ3v) is 2.23. The second kappa shape index (κ2) is 4.64. The summed E-state index contributed by atoms with van der Waals surface area (Å²) < 4.78 is 0. The molecule has 0 saturated heterocycles. The largest absolute Gasteiger partial charge is 0.480 e. The summed E-state index contributed by atoms with van der Waals surface area (Å²) in [6.07, 6.45) is 3.11. The van der Waals surface area contributed by atoms with Crippen molar-refractivity contribution < 1.29 is 14.7 Å². The number of rotatable bonds is 6. The second-order valence-electron chi connectivity index (χ2n) is 3.12. The number of carbonyl (C=O) groups excluding carboxylic acids is 1. The van der Waals surface area contributed by atoms with Crippen molar-refractivity contribution in [2.75, 3.05) is 7.05 Å². The van der Waals surface area contributed by atoms with Crippen molar-refractivity contribution in [2.45, 2.75) is 25.3 Å². The molecule has 1 amide bonds. The number of amides is 1. The van der Waals surface area contributed by atoms with E-state index in [9.17, 15) is 9.59 Å². The third kappa shape index (κ3) is 2.57. The van der Waals surface area contributed by atoms with E-state index in [1.807, 2.05) is 0 Å². The lowest BCUT2D eigenvalue weighted by Gasteiger charge is -2.31. The zero-order chi connectivity index (χ0) is 10.5. The first-order valence-corrected chi connectivity index (χ1v) is 4.01. The van der Waals surface area contributed by atoms with Crippen LogP contribution in [0.3, 0.4) is 0 Å². The van der Waals surface area contributed by atoms with Crippen LogP contribution >= 0.6 is 0 Å².